The van der Waals surface area contributed by atoms with Gasteiger partial charge < -0.3 is 14.2 Å². The predicted molar refractivity (Wildman–Crippen MR) is 99.4 cm³/mol. The van der Waals surface area contributed by atoms with Gasteiger partial charge in [-0.15, -0.1) is 11.6 Å². The van der Waals surface area contributed by atoms with Crippen LogP contribution in [0.1, 0.15) is 16.8 Å². The maximum absolute atomic E-state index is 11.9. The number of carbonyl (C=O) groups excluding carboxylic acids is 1. The summed E-state index contributed by atoms with van der Waals surface area (Å²) in [7, 11) is 3.17. The lowest BCUT2D eigenvalue weighted by Gasteiger charge is -2.11. The smallest absolute Gasteiger partial charge is 0.338 e. The minimum absolute atomic E-state index is 0.407. The molecule has 1 heterocycles. The lowest BCUT2D eigenvalue weighted by Crippen LogP contribution is -2.02. The molecule has 7 heteroatoms. The van der Waals surface area contributed by atoms with E-state index in [1.165, 1.54) is 7.11 Å². The molecule has 0 radical (unpaired) electrons. The lowest BCUT2D eigenvalue weighted by molar-refractivity contribution is 0.0600. The zero-order valence-electron chi connectivity index (χ0n) is 14.6. The van der Waals surface area contributed by atoms with Gasteiger partial charge in [0.1, 0.15) is 17.0 Å². The fourth-order valence-corrected chi connectivity index (χ4v) is 2.68. The summed E-state index contributed by atoms with van der Waals surface area (Å²) in [4.78, 5) is 11.9. The van der Waals surface area contributed by atoms with E-state index in [-0.39, 0.29) is 0 Å². The summed E-state index contributed by atoms with van der Waals surface area (Å²) < 4.78 is 18.1. The maximum Gasteiger partial charge on any atom is 0.338 e. The summed E-state index contributed by atoms with van der Waals surface area (Å²) >= 11 is 5.64. The molecule has 0 unspecified atom stereocenters. The normalized spacial score (nSPS) is 10.7. The average Bonchev–Trinajstić information content (AvgIpc) is 3.04. The zero-order chi connectivity index (χ0) is 18.5. The molecule has 0 saturated heterocycles. The Morgan fingerprint density at radius 2 is 1.92 bits per heavy atom. The monoisotopic (exact) mass is 374 g/mol. The highest BCUT2D eigenvalue weighted by molar-refractivity contribution is 6.17. The molecule has 2 aromatic carbocycles. The van der Waals surface area contributed by atoms with Crippen LogP contribution in [0.25, 0.3) is 10.9 Å². The van der Waals surface area contributed by atoms with E-state index in [1.807, 2.05) is 31.3 Å². The van der Waals surface area contributed by atoms with Crippen LogP contribution in [-0.4, -0.2) is 35.3 Å². The number of ether oxygens (including phenoxy) is 3. The Kier molecular flexibility index (Phi) is 5.63. The minimum Gasteiger partial charge on any atom is -0.494 e. The number of nitrogens with zero attached hydrogens (tertiary/aromatic N) is 2. The number of carbonyl (C=O) groups is 1. The fraction of sp³-hybridized carbons (Fsp3) is 0.263. The zero-order valence-corrected chi connectivity index (χ0v) is 15.3. The second kappa shape index (κ2) is 8.10. The van der Waals surface area contributed by atoms with Crippen molar-refractivity contribution in [1.82, 2.24) is 9.78 Å². The van der Waals surface area contributed by atoms with E-state index in [2.05, 4.69) is 5.10 Å². The van der Waals surface area contributed by atoms with Gasteiger partial charge in [0.05, 0.1) is 25.5 Å². The molecule has 136 valence electrons. The summed E-state index contributed by atoms with van der Waals surface area (Å²) in [5.41, 5.74) is 1.20. The molecule has 3 rings (SSSR count). The van der Waals surface area contributed by atoms with Gasteiger partial charge in [-0.1, -0.05) is 0 Å². The molecule has 0 bridgehead atoms. The average molecular weight is 375 g/mol. The number of aryl methyl sites for hydroxylation is 1. The highest BCUT2D eigenvalue weighted by Gasteiger charge is 2.15. The van der Waals surface area contributed by atoms with E-state index in [0.29, 0.717) is 29.5 Å². The van der Waals surface area contributed by atoms with Crippen LogP contribution >= 0.6 is 11.6 Å². The Morgan fingerprint density at radius 3 is 2.62 bits per heavy atom. The molecule has 0 saturated carbocycles. The standard InChI is InChI=1S/C19H19ClN2O4/c1-22-18-14(12-21-22)10-13(19(23)24-2)11-17(18)26-16-6-4-15(5-7-16)25-9-3-8-20/h4-7,10-12H,3,8-9H2,1-2H3. The number of esters is 1. The quantitative estimate of drug-likeness (QED) is 0.353. The third-order valence-corrected chi connectivity index (χ3v) is 4.08. The van der Waals surface area contributed by atoms with Gasteiger partial charge in [-0.2, -0.15) is 5.10 Å². The van der Waals surface area contributed by atoms with Crippen LogP contribution in [0.2, 0.25) is 0 Å². The van der Waals surface area contributed by atoms with Crippen LogP contribution in [0, 0.1) is 0 Å². The van der Waals surface area contributed by atoms with Crippen LogP contribution in [0.4, 0.5) is 0 Å². The van der Waals surface area contributed by atoms with Gasteiger partial charge in [-0.25, -0.2) is 4.79 Å². The molecular weight excluding hydrogens is 356 g/mol. The Labute approximate surface area is 156 Å². The molecule has 26 heavy (non-hydrogen) atoms. The molecule has 0 amide bonds. The fourth-order valence-electron chi connectivity index (χ4n) is 2.57. The lowest BCUT2D eigenvalue weighted by atomic mass is 10.1. The second-order valence-electron chi connectivity index (χ2n) is 5.64. The minimum atomic E-state index is -0.427. The van der Waals surface area contributed by atoms with Gasteiger partial charge in [0.25, 0.3) is 0 Å². The predicted octanol–water partition coefficient (Wildman–Crippen LogP) is 4.16. The number of hydrogen-bond donors (Lipinski definition) is 0. The molecule has 0 aliphatic rings. The number of methoxy groups -OCH3 is 1. The van der Waals surface area contributed by atoms with Crippen LogP contribution < -0.4 is 9.47 Å². The van der Waals surface area contributed by atoms with Gasteiger partial charge in [0, 0.05) is 18.3 Å². The SMILES string of the molecule is COC(=O)c1cc(Oc2ccc(OCCCCl)cc2)c2c(cnn2C)c1. The number of halogens is 1. The van der Waals surface area contributed by atoms with Crippen molar-refractivity contribution in [1.29, 1.82) is 0 Å². The van der Waals surface area contributed by atoms with E-state index in [9.17, 15) is 4.79 Å². The number of rotatable bonds is 7. The van der Waals surface area contributed by atoms with E-state index in [1.54, 1.807) is 23.0 Å². The number of benzene rings is 2. The van der Waals surface area contributed by atoms with Crippen molar-refractivity contribution in [2.75, 3.05) is 19.6 Å². The van der Waals surface area contributed by atoms with Gasteiger partial charge in [0.2, 0.25) is 0 Å². The van der Waals surface area contributed by atoms with Crippen molar-refractivity contribution in [3.63, 3.8) is 0 Å². The van der Waals surface area contributed by atoms with Crippen molar-refractivity contribution in [3.05, 3.63) is 48.2 Å². The molecule has 3 aromatic rings. The van der Waals surface area contributed by atoms with Crippen molar-refractivity contribution < 1.29 is 19.0 Å². The Morgan fingerprint density at radius 1 is 1.19 bits per heavy atom. The Bertz CT molecular complexity index is 906. The molecule has 6 nitrogen and oxygen atoms in total. The number of fused-ring (bicyclic) bond motifs is 1. The van der Waals surface area contributed by atoms with Crippen LogP contribution in [-0.2, 0) is 11.8 Å². The van der Waals surface area contributed by atoms with E-state index in [0.717, 1.165) is 23.1 Å². The summed E-state index contributed by atoms with van der Waals surface area (Å²) in [6, 6.07) is 10.7. The molecule has 1 aromatic heterocycles. The van der Waals surface area contributed by atoms with Crippen LogP contribution in [0.15, 0.2) is 42.6 Å². The summed E-state index contributed by atoms with van der Waals surface area (Å²) in [6.07, 6.45) is 2.47. The Hall–Kier alpha value is -2.73. The number of hydrogen-bond acceptors (Lipinski definition) is 5. The summed E-state index contributed by atoms with van der Waals surface area (Å²) in [5.74, 6) is 2.04. The highest BCUT2D eigenvalue weighted by atomic mass is 35.5. The topological polar surface area (TPSA) is 62.6 Å². The summed E-state index contributed by atoms with van der Waals surface area (Å²) in [6.45, 7) is 0.570. The molecule has 0 aliphatic heterocycles. The summed E-state index contributed by atoms with van der Waals surface area (Å²) in [5, 5.41) is 5.03. The second-order valence-corrected chi connectivity index (χ2v) is 6.01. The van der Waals surface area contributed by atoms with E-state index < -0.39 is 5.97 Å². The van der Waals surface area contributed by atoms with Crippen LogP contribution in [0.3, 0.4) is 0 Å². The molecule has 0 atom stereocenters. The molecule has 0 spiro atoms. The first kappa shape index (κ1) is 18.1. The number of alkyl halides is 1. The van der Waals surface area contributed by atoms with E-state index >= 15 is 0 Å². The van der Waals surface area contributed by atoms with Gasteiger partial charge in [-0.3, -0.25) is 4.68 Å². The first-order valence-corrected chi connectivity index (χ1v) is 8.66. The van der Waals surface area contributed by atoms with Gasteiger partial charge >= 0.3 is 5.97 Å². The van der Waals surface area contributed by atoms with E-state index in [4.69, 9.17) is 25.8 Å². The highest BCUT2D eigenvalue weighted by Crippen LogP contribution is 2.32. The first-order chi connectivity index (χ1) is 12.6. The molecule has 0 aliphatic carbocycles. The van der Waals surface area contributed by atoms with Crippen LogP contribution in [0.5, 0.6) is 17.2 Å². The van der Waals surface area contributed by atoms with Crippen molar-refractivity contribution in [3.8, 4) is 17.2 Å². The van der Waals surface area contributed by atoms with Crippen molar-refractivity contribution >= 4 is 28.5 Å². The molecule has 0 fully saturated rings. The largest absolute Gasteiger partial charge is 0.494 e. The van der Waals surface area contributed by atoms with Gasteiger partial charge in [-0.05, 0) is 42.8 Å². The first-order valence-electron chi connectivity index (χ1n) is 8.13. The van der Waals surface area contributed by atoms with Crippen molar-refractivity contribution in [2.45, 2.75) is 6.42 Å². The van der Waals surface area contributed by atoms with Gasteiger partial charge in [0.15, 0.2) is 5.75 Å². The molecular formula is C19H19ClN2O4. The Balaban J connectivity index is 1.87. The van der Waals surface area contributed by atoms with Crippen molar-refractivity contribution in [2.24, 2.45) is 7.05 Å². The number of aromatic nitrogens is 2. The third-order valence-electron chi connectivity index (χ3n) is 3.82. The maximum atomic E-state index is 11.9. The molecule has 0 N–H and O–H groups in total. The third kappa shape index (κ3) is 3.91.